The van der Waals surface area contributed by atoms with Crippen LogP contribution in [0.3, 0.4) is 0 Å². The van der Waals surface area contributed by atoms with E-state index in [-0.39, 0.29) is 12.6 Å². The summed E-state index contributed by atoms with van der Waals surface area (Å²) in [5.74, 6) is 0.849. The molecular formula is C15H23F3N4O. The minimum Gasteiger partial charge on any atom is -0.371 e. The van der Waals surface area contributed by atoms with Gasteiger partial charge in [0, 0.05) is 25.7 Å². The summed E-state index contributed by atoms with van der Waals surface area (Å²) in [6.45, 7) is 2.99. The monoisotopic (exact) mass is 332 g/mol. The normalized spacial score (nSPS) is 19.4. The summed E-state index contributed by atoms with van der Waals surface area (Å²) in [5, 5.41) is 8.28. The van der Waals surface area contributed by atoms with Gasteiger partial charge in [-0.1, -0.05) is 0 Å². The van der Waals surface area contributed by atoms with Crippen LogP contribution in [0.25, 0.3) is 0 Å². The van der Waals surface area contributed by atoms with Crippen LogP contribution in [0.5, 0.6) is 0 Å². The van der Waals surface area contributed by atoms with Crippen LogP contribution in [-0.4, -0.2) is 67.2 Å². The number of nitrogens with zero attached hydrogens (tertiary/aromatic N) is 4. The Labute approximate surface area is 134 Å². The van der Waals surface area contributed by atoms with Gasteiger partial charge < -0.3 is 9.64 Å². The van der Waals surface area contributed by atoms with Crippen molar-refractivity contribution in [2.45, 2.75) is 32.0 Å². The van der Waals surface area contributed by atoms with Crippen molar-refractivity contribution in [2.75, 3.05) is 44.8 Å². The first kappa shape index (κ1) is 17.9. The smallest absolute Gasteiger partial charge is 0.371 e. The lowest BCUT2D eigenvalue weighted by Crippen LogP contribution is -2.47. The average molecular weight is 332 g/mol. The number of rotatable bonds is 6. The van der Waals surface area contributed by atoms with E-state index in [4.69, 9.17) is 0 Å². The third-order valence-electron chi connectivity index (χ3n) is 3.98. The Morgan fingerprint density at radius 1 is 1.35 bits per heavy atom. The van der Waals surface area contributed by atoms with Gasteiger partial charge in [-0.2, -0.15) is 18.3 Å². The fraction of sp³-hybridized carbons (Fsp3) is 0.733. The van der Waals surface area contributed by atoms with Gasteiger partial charge in [0.2, 0.25) is 0 Å². The van der Waals surface area contributed by atoms with Crippen LogP contribution < -0.4 is 4.90 Å². The van der Waals surface area contributed by atoms with E-state index in [2.05, 4.69) is 24.7 Å². The van der Waals surface area contributed by atoms with E-state index < -0.39 is 12.8 Å². The topological polar surface area (TPSA) is 41.5 Å². The minimum absolute atomic E-state index is 0.0802. The maximum absolute atomic E-state index is 12.0. The number of piperidine rings is 1. The number of aryl methyl sites for hydroxylation is 1. The maximum atomic E-state index is 12.0. The standard InChI is InChI=1S/C15H23F3N4O/c1-12-5-6-14(20-19-12)22-7-3-4-13(10-22)21(2)8-9-23-11-15(16,17)18/h5-6,13H,3-4,7-11H2,1-2H3/t13-/m0/s1. The van der Waals surface area contributed by atoms with Crippen LogP contribution in [0.15, 0.2) is 12.1 Å². The van der Waals surface area contributed by atoms with E-state index in [0.29, 0.717) is 6.54 Å². The Bertz CT molecular complexity index is 481. The lowest BCUT2D eigenvalue weighted by atomic mass is 10.0. The van der Waals surface area contributed by atoms with Crippen LogP contribution >= 0.6 is 0 Å². The molecule has 1 aromatic rings. The summed E-state index contributed by atoms with van der Waals surface area (Å²) in [6, 6.07) is 4.17. The largest absolute Gasteiger partial charge is 0.411 e. The Balaban J connectivity index is 1.79. The molecule has 130 valence electrons. The van der Waals surface area contributed by atoms with Crippen LogP contribution in [0.4, 0.5) is 19.0 Å². The molecule has 0 radical (unpaired) electrons. The Hall–Kier alpha value is -1.41. The summed E-state index contributed by atoms with van der Waals surface area (Å²) in [6.07, 6.45) is -2.22. The quantitative estimate of drug-likeness (QED) is 0.748. The van der Waals surface area contributed by atoms with Gasteiger partial charge in [0.15, 0.2) is 5.82 Å². The summed E-state index contributed by atoms with van der Waals surface area (Å²) in [5.41, 5.74) is 0.876. The molecule has 1 aliphatic heterocycles. The SMILES string of the molecule is Cc1ccc(N2CCC[C@H](N(C)CCOCC(F)(F)F)C2)nn1. The zero-order valence-corrected chi connectivity index (χ0v) is 13.5. The molecule has 1 fully saturated rings. The Morgan fingerprint density at radius 3 is 2.78 bits per heavy atom. The molecule has 1 aromatic heterocycles. The van der Waals surface area contributed by atoms with E-state index in [9.17, 15) is 13.2 Å². The second kappa shape index (κ2) is 7.92. The molecule has 0 aliphatic carbocycles. The summed E-state index contributed by atoms with van der Waals surface area (Å²) in [7, 11) is 1.92. The molecule has 2 rings (SSSR count). The van der Waals surface area contributed by atoms with Gasteiger partial charge in [0.05, 0.1) is 12.3 Å². The van der Waals surface area contributed by atoms with E-state index in [0.717, 1.165) is 37.4 Å². The second-order valence-electron chi connectivity index (χ2n) is 5.92. The van der Waals surface area contributed by atoms with Crippen LogP contribution in [-0.2, 0) is 4.74 Å². The maximum Gasteiger partial charge on any atom is 0.411 e. The highest BCUT2D eigenvalue weighted by Crippen LogP contribution is 2.20. The first-order valence-electron chi connectivity index (χ1n) is 7.75. The third kappa shape index (κ3) is 5.95. The number of anilines is 1. The molecule has 0 N–H and O–H groups in total. The van der Waals surface area contributed by atoms with Crippen molar-refractivity contribution < 1.29 is 17.9 Å². The first-order valence-corrected chi connectivity index (χ1v) is 7.75. The Morgan fingerprint density at radius 2 is 2.13 bits per heavy atom. The first-order chi connectivity index (χ1) is 10.8. The molecule has 1 aliphatic rings. The summed E-state index contributed by atoms with van der Waals surface area (Å²) in [4.78, 5) is 4.23. The molecule has 23 heavy (non-hydrogen) atoms. The van der Waals surface area contributed by atoms with Crippen LogP contribution in [0.2, 0.25) is 0 Å². The molecule has 0 amide bonds. The molecule has 0 unspecified atom stereocenters. The fourth-order valence-electron chi connectivity index (χ4n) is 2.66. The fourth-order valence-corrected chi connectivity index (χ4v) is 2.66. The second-order valence-corrected chi connectivity index (χ2v) is 5.92. The molecular weight excluding hydrogens is 309 g/mol. The van der Waals surface area contributed by atoms with E-state index in [1.807, 2.05) is 26.1 Å². The van der Waals surface area contributed by atoms with E-state index in [1.165, 1.54) is 0 Å². The highest BCUT2D eigenvalue weighted by molar-refractivity contribution is 5.38. The number of ether oxygens (including phenoxy) is 1. The number of hydrogen-bond donors (Lipinski definition) is 0. The number of hydrogen-bond acceptors (Lipinski definition) is 5. The van der Waals surface area contributed by atoms with Crippen molar-refractivity contribution in [1.82, 2.24) is 15.1 Å². The van der Waals surface area contributed by atoms with Crippen molar-refractivity contribution in [3.05, 3.63) is 17.8 Å². The molecule has 5 nitrogen and oxygen atoms in total. The molecule has 0 saturated carbocycles. The zero-order chi connectivity index (χ0) is 16.9. The molecule has 1 atom stereocenters. The summed E-state index contributed by atoms with van der Waals surface area (Å²) >= 11 is 0. The van der Waals surface area contributed by atoms with Crippen molar-refractivity contribution in [1.29, 1.82) is 0 Å². The Kier molecular flexibility index (Phi) is 6.17. The zero-order valence-electron chi connectivity index (χ0n) is 13.5. The van der Waals surface area contributed by atoms with Gasteiger partial charge in [-0.3, -0.25) is 4.90 Å². The van der Waals surface area contributed by atoms with Crippen molar-refractivity contribution >= 4 is 5.82 Å². The molecule has 0 aromatic carbocycles. The van der Waals surface area contributed by atoms with Gasteiger partial charge in [0.1, 0.15) is 6.61 Å². The molecule has 0 spiro atoms. The average Bonchev–Trinajstić information content (AvgIpc) is 2.51. The third-order valence-corrected chi connectivity index (χ3v) is 3.98. The van der Waals surface area contributed by atoms with Gasteiger partial charge >= 0.3 is 6.18 Å². The number of aromatic nitrogens is 2. The predicted molar refractivity (Wildman–Crippen MR) is 81.5 cm³/mol. The molecule has 8 heteroatoms. The van der Waals surface area contributed by atoms with Crippen LogP contribution in [0, 0.1) is 6.92 Å². The van der Waals surface area contributed by atoms with Crippen molar-refractivity contribution in [3.8, 4) is 0 Å². The number of halogens is 3. The number of alkyl halides is 3. The number of likely N-dealkylation sites (N-methyl/N-ethyl adjacent to an activating group) is 1. The van der Waals surface area contributed by atoms with E-state index in [1.54, 1.807) is 0 Å². The highest BCUT2D eigenvalue weighted by atomic mass is 19.4. The van der Waals surface area contributed by atoms with Gasteiger partial charge in [0.25, 0.3) is 0 Å². The van der Waals surface area contributed by atoms with E-state index >= 15 is 0 Å². The lowest BCUT2D eigenvalue weighted by molar-refractivity contribution is -0.174. The molecule has 1 saturated heterocycles. The minimum atomic E-state index is -4.26. The predicted octanol–water partition coefficient (Wildman–Crippen LogP) is 2.26. The van der Waals surface area contributed by atoms with Gasteiger partial charge in [-0.25, -0.2) is 0 Å². The molecule has 0 bridgehead atoms. The lowest BCUT2D eigenvalue weighted by Gasteiger charge is -2.38. The van der Waals surface area contributed by atoms with Gasteiger partial charge in [-0.05, 0) is 38.9 Å². The summed E-state index contributed by atoms with van der Waals surface area (Å²) < 4.78 is 40.8. The van der Waals surface area contributed by atoms with Crippen molar-refractivity contribution in [3.63, 3.8) is 0 Å². The molecule has 2 heterocycles. The van der Waals surface area contributed by atoms with Crippen molar-refractivity contribution in [2.24, 2.45) is 0 Å². The van der Waals surface area contributed by atoms with Crippen LogP contribution in [0.1, 0.15) is 18.5 Å². The van der Waals surface area contributed by atoms with Gasteiger partial charge in [-0.15, -0.1) is 5.10 Å². The highest BCUT2D eigenvalue weighted by Gasteiger charge is 2.28.